The standard InChI is InChI=1S/2C15H13NO2.C13H15NO2.C11H14N2O2.C11H11NO2.C11H13NO.C11H15NO.C10H13NO.8C2H6/c1-9(2)16-14(17)11-7-3-5-10-6-4-8-12(13(10)11)15(16)18;1-9(2)16-14(17)12-7-10-5-3-4-6-11(10)8-13(12)15(16)18;1-9(2)14-12(15)8-11(13(14)16)10-6-4-3-5-7-10;1-7(2)13-11(15)9-6-4-3-5-8(9)10(12)14;1-7(2)12-10(13)8-5-3-4-6-9(8)11(12)14;1-8(2)12-7-9-5-3-4-6-10(9)11(12)13;1-9(2)12-11(13)8-10-6-4-3-5-7-10;1-8(2)11-10(12)9-6-4-3-5-7-9;8*1-2/h2*3-9H,1-2H3;3-7,9,11H,8H2,1-2H3;3-7H,1-2H3,(H2,12,14)(H,13,15);3-7H,1-2H3;3-6,8H,7H2,1-2H3;3-7,9H,8H2,1-2H3,(H,12,13);3-8H,1-2H3,(H,11,12);8*1-2H3. The first-order valence-corrected chi connectivity index (χ1v) is 48.0. The van der Waals surface area contributed by atoms with E-state index in [1.165, 1.54) is 25.7 Å². The smallest absolute Gasteiger partial charge is 0.261 e. The molecule has 0 spiro atoms. The van der Waals surface area contributed by atoms with Gasteiger partial charge in [-0.05, 0) is 210 Å². The number of hydrogen-bond donors (Lipinski definition) is 4. The largest absolute Gasteiger partial charge is 0.366 e. The van der Waals surface area contributed by atoms with Gasteiger partial charge < -0.3 is 26.6 Å². The molecule has 0 radical (unpaired) electrons. The van der Waals surface area contributed by atoms with E-state index in [2.05, 4.69) is 16.0 Å². The van der Waals surface area contributed by atoms with Crippen molar-refractivity contribution in [2.45, 2.75) is 295 Å². The zero-order valence-corrected chi connectivity index (χ0v) is 86.5. The number of hydrogen-bond acceptors (Lipinski definition) is 13. The molecule has 13 amide bonds. The number of fused-ring (bicyclic) bond motifs is 4. The van der Waals surface area contributed by atoms with Crippen LogP contribution in [-0.2, 0) is 27.3 Å². The SMILES string of the molecule is CC.CC.CC.CC.CC.CC.CC.CC.CC(C)N1C(=O)CC(c2ccccc2)C1=O.CC(C)N1C(=O)c2cc3ccccc3cc2C1=O.CC(C)N1C(=O)c2cccc3cccc(c23)C1=O.CC(C)N1C(=O)c2ccccc2C1=O.CC(C)N1Cc2ccccc2C1=O.CC(C)NC(=O)Cc1ccccc1.CC(C)NC(=O)c1ccccc1.CC(C)NC(=O)c1ccccc1C(N)=O. The minimum Gasteiger partial charge on any atom is -0.366 e. The molecule has 1 atom stereocenters. The van der Waals surface area contributed by atoms with Crippen molar-refractivity contribution < 1.29 is 62.3 Å². The van der Waals surface area contributed by atoms with E-state index in [-0.39, 0.29) is 125 Å². The minimum absolute atomic E-state index is 0.00870. The fourth-order valence-electron chi connectivity index (χ4n) is 13.8. The Hall–Kier alpha value is -13.4. The van der Waals surface area contributed by atoms with Crippen LogP contribution in [0.15, 0.2) is 237 Å². The molecular formula is C113H155N9O13. The average molecular weight is 1850 g/mol. The normalized spacial score (nSPS) is 12.8. The Morgan fingerprint density at radius 2 is 0.644 bits per heavy atom. The molecule has 15 rings (SSSR count). The number of nitrogens with zero attached hydrogens (tertiary/aromatic N) is 5. The van der Waals surface area contributed by atoms with Gasteiger partial charge in [0, 0.05) is 88.9 Å². The van der Waals surface area contributed by atoms with Crippen LogP contribution >= 0.6 is 0 Å². The fourth-order valence-corrected chi connectivity index (χ4v) is 13.8. The molecule has 135 heavy (non-hydrogen) atoms. The van der Waals surface area contributed by atoms with Crippen molar-refractivity contribution in [2.75, 3.05) is 0 Å². The second kappa shape index (κ2) is 64.5. The Kier molecular flexibility index (Phi) is 58.1. The van der Waals surface area contributed by atoms with Crippen LogP contribution in [0.5, 0.6) is 0 Å². The molecule has 1 saturated heterocycles. The van der Waals surface area contributed by atoms with Crippen LogP contribution in [0.25, 0.3) is 21.5 Å². The van der Waals surface area contributed by atoms with Gasteiger partial charge in [0.15, 0.2) is 0 Å². The quantitative estimate of drug-likeness (QED) is 0.0737. The van der Waals surface area contributed by atoms with Gasteiger partial charge in [0.25, 0.3) is 53.2 Å². The molecular weight excluding hydrogens is 1690 g/mol. The first-order valence-electron chi connectivity index (χ1n) is 48.0. The summed E-state index contributed by atoms with van der Waals surface area (Å²) >= 11 is 0. The molecule has 5 heterocycles. The number of imide groups is 4. The lowest BCUT2D eigenvalue weighted by molar-refractivity contribution is -0.140. The molecule has 730 valence electrons. The van der Waals surface area contributed by atoms with E-state index in [1.807, 2.05) is 390 Å². The first kappa shape index (κ1) is 122. The van der Waals surface area contributed by atoms with Crippen molar-refractivity contribution in [1.29, 1.82) is 0 Å². The third-order valence-electron chi connectivity index (χ3n) is 19.3. The summed E-state index contributed by atoms with van der Waals surface area (Å²) < 4.78 is 0. The maximum Gasteiger partial charge on any atom is 0.261 e. The van der Waals surface area contributed by atoms with E-state index < -0.39 is 5.91 Å². The van der Waals surface area contributed by atoms with Crippen molar-refractivity contribution in [3.05, 3.63) is 309 Å². The summed E-state index contributed by atoms with van der Waals surface area (Å²) in [6.07, 6.45) is 0.778. The summed E-state index contributed by atoms with van der Waals surface area (Å²) in [7, 11) is 0. The molecule has 1 fully saturated rings. The maximum atomic E-state index is 12.4. The summed E-state index contributed by atoms with van der Waals surface area (Å²) in [4.78, 5) is 161. The number of benzene rings is 10. The Labute approximate surface area is 806 Å². The highest BCUT2D eigenvalue weighted by Crippen LogP contribution is 2.34. The summed E-state index contributed by atoms with van der Waals surface area (Å²) in [6.45, 7) is 63.2. The third kappa shape index (κ3) is 35.5. The van der Waals surface area contributed by atoms with E-state index in [0.717, 1.165) is 50.3 Å². The highest BCUT2D eigenvalue weighted by atomic mass is 16.2. The van der Waals surface area contributed by atoms with Gasteiger partial charge >= 0.3 is 0 Å². The summed E-state index contributed by atoms with van der Waals surface area (Å²) in [6, 6.07) is 72.6. The molecule has 5 aliphatic rings. The molecule has 0 saturated carbocycles. The summed E-state index contributed by atoms with van der Waals surface area (Å²) in [5, 5.41) is 12.1. The molecule has 10 aromatic carbocycles. The topological polar surface area (TPSA) is 300 Å². The lowest BCUT2D eigenvalue weighted by Gasteiger charge is -2.30. The van der Waals surface area contributed by atoms with Gasteiger partial charge in [0.2, 0.25) is 23.6 Å². The van der Waals surface area contributed by atoms with Gasteiger partial charge in [-0.2, -0.15) is 0 Å². The molecule has 10 aromatic rings. The average Bonchev–Trinajstić information content (AvgIpc) is 1.19. The molecule has 22 nitrogen and oxygen atoms in total. The summed E-state index contributed by atoms with van der Waals surface area (Å²) in [5.74, 6) is -2.15. The highest BCUT2D eigenvalue weighted by molar-refractivity contribution is 6.26. The van der Waals surface area contributed by atoms with E-state index >= 15 is 0 Å². The van der Waals surface area contributed by atoms with Crippen molar-refractivity contribution in [3.8, 4) is 0 Å². The Morgan fingerprint density at radius 1 is 0.319 bits per heavy atom. The van der Waals surface area contributed by atoms with E-state index in [1.54, 1.807) is 66.7 Å². The van der Waals surface area contributed by atoms with E-state index in [9.17, 15) is 62.3 Å². The van der Waals surface area contributed by atoms with Crippen LogP contribution in [-0.4, -0.2) is 150 Å². The lowest BCUT2D eigenvalue weighted by Crippen LogP contribution is -2.44. The fraction of sp³-hybridized carbons (Fsp3) is 0.389. The molecule has 0 aliphatic carbocycles. The lowest BCUT2D eigenvalue weighted by atomic mass is 9.93. The third-order valence-corrected chi connectivity index (χ3v) is 19.3. The highest BCUT2D eigenvalue weighted by Gasteiger charge is 2.42. The van der Waals surface area contributed by atoms with Crippen LogP contribution in [0.1, 0.15) is 354 Å². The number of rotatable bonds is 14. The number of carbonyl (C=O) groups is 13. The van der Waals surface area contributed by atoms with Gasteiger partial charge in [0.05, 0.1) is 45.7 Å². The van der Waals surface area contributed by atoms with Crippen LogP contribution in [0, 0.1) is 0 Å². The van der Waals surface area contributed by atoms with Gasteiger partial charge in [-0.25, -0.2) is 0 Å². The van der Waals surface area contributed by atoms with Crippen LogP contribution in [0.2, 0.25) is 0 Å². The molecule has 0 aromatic heterocycles. The number of primary amides is 1. The van der Waals surface area contributed by atoms with Crippen molar-refractivity contribution >= 4 is 98.3 Å². The van der Waals surface area contributed by atoms with Gasteiger partial charge in [-0.3, -0.25) is 81.9 Å². The number of nitrogens with one attached hydrogen (secondary N) is 3. The van der Waals surface area contributed by atoms with Crippen molar-refractivity contribution in [1.82, 2.24) is 40.4 Å². The Morgan fingerprint density at radius 3 is 1.02 bits per heavy atom. The van der Waals surface area contributed by atoms with Crippen molar-refractivity contribution in [3.63, 3.8) is 0 Å². The summed E-state index contributed by atoms with van der Waals surface area (Å²) in [5.41, 5.74) is 13.8. The minimum atomic E-state index is -0.593. The van der Waals surface area contributed by atoms with E-state index in [0.29, 0.717) is 63.4 Å². The van der Waals surface area contributed by atoms with Crippen LogP contribution < -0.4 is 21.7 Å². The molecule has 5 aliphatic heterocycles. The first-order chi connectivity index (χ1) is 64.5. The zero-order valence-electron chi connectivity index (χ0n) is 86.5. The molecule has 1 unspecified atom stereocenters. The van der Waals surface area contributed by atoms with Gasteiger partial charge in [-0.15, -0.1) is 0 Å². The van der Waals surface area contributed by atoms with Crippen LogP contribution in [0.4, 0.5) is 0 Å². The number of carbonyl (C=O) groups excluding carboxylic acids is 13. The van der Waals surface area contributed by atoms with Gasteiger partial charge in [0.1, 0.15) is 0 Å². The Balaban J connectivity index is 0.00000149. The molecule has 0 bridgehead atoms. The van der Waals surface area contributed by atoms with Crippen LogP contribution in [0.3, 0.4) is 0 Å². The predicted molar refractivity (Wildman–Crippen MR) is 554 cm³/mol. The maximum absolute atomic E-state index is 12.4. The Bertz CT molecular complexity index is 5230. The second-order valence-electron chi connectivity index (χ2n) is 31.2. The molecule has 5 N–H and O–H groups in total. The number of amides is 13. The van der Waals surface area contributed by atoms with Gasteiger partial charge in [-0.1, -0.05) is 281 Å². The monoisotopic (exact) mass is 1850 g/mol. The van der Waals surface area contributed by atoms with E-state index in [4.69, 9.17) is 5.73 Å². The molecule has 22 heteroatoms. The second-order valence-corrected chi connectivity index (χ2v) is 31.2. The predicted octanol–water partition coefficient (Wildman–Crippen LogP) is 24.1. The number of nitrogens with two attached hydrogens (primary N) is 1. The number of likely N-dealkylation sites (tertiary alicyclic amines) is 1. The zero-order chi connectivity index (χ0) is 103. The van der Waals surface area contributed by atoms with Crippen molar-refractivity contribution in [2.24, 2.45) is 5.73 Å².